The number of rotatable bonds is 6. The van der Waals surface area contributed by atoms with Crippen LogP contribution >= 0.6 is 0 Å². The van der Waals surface area contributed by atoms with Crippen molar-refractivity contribution < 1.29 is 27.3 Å². The third kappa shape index (κ3) is 8.88. The standard InChI is InChI=1S/C31H19N2O.C23H34NSi.Ir/c1-2-11-21(12-3-1)22-13-4-7-18-27(22)33-28-19-8-6-17-26(28)32-31(33)25-16-10-15-24-23-14-5-9-20-29(23)34-30(24)25;1-22(2,3)15-18-14-20(24-16-21(18)25(7,8)9)17-11-10-12-19(13-17)23(4,5)6;/h1-15,17-20H;10,12-14,16H,15H2,1-9H3;/q2*-1;/i;15D2;. The number of nitrogens with zero attached hydrogens (tertiary/aromatic N) is 3. The molecule has 4 nitrogen and oxygen atoms in total. The van der Waals surface area contributed by atoms with Crippen molar-refractivity contribution in [3.8, 4) is 39.5 Å². The summed E-state index contributed by atoms with van der Waals surface area (Å²) in [6.07, 6.45) is 0.472. The molecule has 0 N–H and O–H groups in total. The summed E-state index contributed by atoms with van der Waals surface area (Å²) in [5.74, 6) is 0.814. The third-order valence-corrected chi connectivity index (χ3v) is 12.5. The molecule has 9 rings (SSSR count). The van der Waals surface area contributed by atoms with E-state index in [-0.39, 0.29) is 25.5 Å². The van der Waals surface area contributed by atoms with Crippen LogP contribution < -0.4 is 5.19 Å². The second kappa shape index (κ2) is 16.9. The first kappa shape index (κ1) is 40.0. The molecule has 1 radical (unpaired) electrons. The molecule has 0 amide bonds. The van der Waals surface area contributed by atoms with Crippen molar-refractivity contribution >= 4 is 46.2 Å². The normalized spacial score (nSPS) is 12.8. The predicted molar refractivity (Wildman–Crippen MR) is 251 cm³/mol. The van der Waals surface area contributed by atoms with Crippen molar-refractivity contribution in [3.63, 3.8) is 0 Å². The molecule has 0 saturated carbocycles. The van der Waals surface area contributed by atoms with Crippen LogP contribution in [0.5, 0.6) is 0 Å². The topological polar surface area (TPSA) is 43.9 Å². The summed E-state index contributed by atoms with van der Waals surface area (Å²) in [7, 11) is -1.74. The summed E-state index contributed by atoms with van der Waals surface area (Å²) in [5.41, 5.74) is 11.2. The van der Waals surface area contributed by atoms with E-state index >= 15 is 0 Å². The Bertz CT molecular complexity index is 3020. The van der Waals surface area contributed by atoms with Crippen molar-refractivity contribution in [1.29, 1.82) is 0 Å². The number of imidazole rings is 1. The van der Waals surface area contributed by atoms with Gasteiger partial charge < -0.3 is 14.0 Å². The number of para-hydroxylation sites is 4. The molecule has 0 spiro atoms. The summed E-state index contributed by atoms with van der Waals surface area (Å²) in [4.78, 5) is 9.82. The number of furan rings is 1. The average Bonchev–Trinajstić information content (AvgIpc) is 3.82. The summed E-state index contributed by atoms with van der Waals surface area (Å²) in [6.45, 7) is 19.2. The molecule has 0 aliphatic carbocycles. The molecule has 0 bridgehead atoms. The van der Waals surface area contributed by atoms with E-state index in [1.54, 1.807) is 0 Å². The molecule has 0 fully saturated rings. The molecule has 6 aromatic carbocycles. The van der Waals surface area contributed by atoms with Gasteiger partial charge >= 0.3 is 0 Å². The first-order chi connectivity index (χ1) is 28.9. The van der Waals surface area contributed by atoms with E-state index < -0.39 is 19.9 Å². The summed E-state index contributed by atoms with van der Waals surface area (Å²) < 4.78 is 26.4. The van der Waals surface area contributed by atoms with Crippen molar-refractivity contribution in [2.45, 2.75) is 73.0 Å². The van der Waals surface area contributed by atoms with E-state index in [9.17, 15) is 0 Å². The van der Waals surface area contributed by atoms with Gasteiger partial charge in [-0.1, -0.05) is 163 Å². The molecule has 3 heterocycles. The Labute approximate surface area is 372 Å². The summed E-state index contributed by atoms with van der Waals surface area (Å²) in [5, 5.41) is 3.26. The van der Waals surface area contributed by atoms with Gasteiger partial charge in [-0.25, -0.2) is 0 Å². The van der Waals surface area contributed by atoms with E-state index in [2.05, 4.69) is 148 Å². The van der Waals surface area contributed by atoms with Crippen molar-refractivity contribution in [1.82, 2.24) is 14.5 Å². The Morgan fingerprint density at radius 3 is 2.17 bits per heavy atom. The molecular weight excluding hydrogens is 927 g/mol. The van der Waals surface area contributed by atoms with Crippen LogP contribution in [0, 0.1) is 17.5 Å². The molecule has 0 saturated heterocycles. The second-order valence-corrected chi connectivity index (χ2v) is 23.4. The number of benzene rings is 6. The van der Waals surface area contributed by atoms with Crippen LogP contribution in [0.3, 0.4) is 0 Å². The molecule has 60 heavy (non-hydrogen) atoms. The second-order valence-electron chi connectivity index (χ2n) is 18.3. The van der Waals surface area contributed by atoms with Crippen LogP contribution in [0.15, 0.2) is 150 Å². The minimum atomic E-state index is -1.74. The molecular formula is C54H53IrN3OSi-2. The molecule has 305 valence electrons. The predicted octanol–water partition coefficient (Wildman–Crippen LogP) is 14.0. The Balaban J connectivity index is 0.000000189. The first-order valence-corrected chi connectivity index (χ1v) is 23.9. The number of pyridine rings is 1. The van der Waals surface area contributed by atoms with Gasteiger partial charge in [-0.15, -0.1) is 53.6 Å². The van der Waals surface area contributed by atoms with E-state index in [4.69, 9.17) is 17.1 Å². The fourth-order valence-electron chi connectivity index (χ4n) is 7.61. The number of fused-ring (bicyclic) bond motifs is 4. The maximum Gasteiger partial charge on any atom is 0.120 e. The van der Waals surface area contributed by atoms with Gasteiger partial charge in [-0.3, -0.25) is 4.98 Å². The van der Waals surface area contributed by atoms with Gasteiger partial charge in [0.15, 0.2) is 0 Å². The van der Waals surface area contributed by atoms with Crippen LogP contribution in [0.2, 0.25) is 19.6 Å². The van der Waals surface area contributed by atoms with E-state index in [0.717, 1.165) is 83.2 Å². The van der Waals surface area contributed by atoms with Gasteiger partial charge in [0.25, 0.3) is 0 Å². The van der Waals surface area contributed by atoms with E-state index in [1.807, 2.05) is 75.5 Å². The van der Waals surface area contributed by atoms with Crippen LogP contribution in [0.1, 0.15) is 55.4 Å². The van der Waals surface area contributed by atoms with Crippen LogP contribution in [0.25, 0.3) is 72.4 Å². The number of hydrogen-bond acceptors (Lipinski definition) is 3. The average molecular weight is 982 g/mol. The van der Waals surface area contributed by atoms with Gasteiger partial charge in [-0.2, -0.15) is 0 Å². The van der Waals surface area contributed by atoms with Crippen molar-refractivity contribution in [3.05, 3.63) is 169 Å². The first-order valence-electron chi connectivity index (χ1n) is 21.4. The number of hydrogen-bond donors (Lipinski definition) is 0. The molecule has 0 unspecified atom stereocenters. The maximum atomic E-state index is 8.89. The summed E-state index contributed by atoms with van der Waals surface area (Å²) in [6, 6.07) is 54.2. The molecule has 0 aliphatic rings. The quantitative estimate of drug-likeness (QED) is 0.123. The van der Waals surface area contributed by atoms with Gasteiger partial charge in [0, 0.05) is 45.7 Å². The molecule has 0 aliphatic heterocycles. The zero-order valence-corrected chi connectivity index (χ0v) is 39.3. The zero-order chi connectivity index (χ0) is 43.3. The Kier molecular flexibility index (Phi) is 11.3. The molecule has 9 aromatic rings. The largest absolute Gasteiger partial charge is 0.501 e. The SMILES string of the molecule is [2H]C([2H])(c1cc(-c2[c-]ccc(C(C)(C)C)c2)ncc1[Si](C)(C)C)C(C)(C)C.[Ir].[c-]1ccc2c(oc3ccccc32)c1-c1nc2ccccc2n1-c1ccccc1-c1ccccc1. The fraction of sp³-hybridized carbons (Fsp3) is 0.222. The van der Waals surface area contributed by atoms with Gasteiger partial charge in [0.05, 0.1) is 30.5 Å². The van der Waals surface area contributed by atoms with Crippen molar-refractivity contribution in [2.75, 3.05) is 0 Å². The van der Waals surface area contributed by atoms with Crippen LogP contribution in [-0.2, 0) is 31.9 Å². The molecule has 6 heteroatoms. The van der Waals surface area contributed by atoms with Gasteiger partial charge in [0.2, 0.25) is 0 Å². The summed E-state index contributed by atoms with van der Waals surface area (Å²) >= 11 is 0. The minimum Gasteiger partial charge on any atom is -0.501 e. The van der Waals surface area contributed by atoms with Crippen LogP contribution in [-0.4, -0.2) is 22.6 Å². The smallest absolute Gasteiger partial charge is 0.120 e. The van der Waals surface area contributed by atoms with Crippen molar-refractivity contribution in [2.24, 2.45) is 5.41 Å². The Morgan fingerprint density at radius 1 is 0.733 bits per heavy atom. The zero-order valence-electron chi connectivity index (χ0n) is 37.9. The molecule has 0 atom stereocenters. The van der Waals surface area contributed by atoms with E-state index in [1.165, 1.54) is 5.56 Å². The van der Waals surface area contributed by atoms with Crippen LogP contribution in [0.4, 0.5) is 0 Å². The number of aromatic nitrogens is 3. The minimum absolute atomic E-state index is 0. The maximum absolute atomic E-state index is 8.89. The third-order valence-electron chi connectivity index (χ3n) is 10.5. The Hall–Kier alpha value is -5.39. The van der Waals surface area contributed by atoms with Gasteiger partial charge in [-0.05, 0) is 57.9 Å². The fourth-order valence-corrected chi connectivity index (χ4v) is 9.01. The van der Waals surface area contributed by atoms with Gasteiger partial charge in [0.1, 0.15) is 5.58 Å². The molecule has 3 aromatic heterocycles. The monoisotopic (exact) mass is 982 g/mol. The Morgan fingerprint density at radius 2 is 1.42 bits per heavy atom. The van der Waals surface area contributed by atoms with E-state index in [0.29, 0.717) is 0 Å².